The molecule has 0 saturated heterocycles. The van der Waals surface area contributed by atoms with Crippen LogP contribution in [0, 0.1) is 0 Å². The Morgan fingerprint density at radius 3 is 2.25 bits per heavy atom. The van der Waals surface area contributed by atoms with Gasteiger partial charge in [0.25, 0.3) is 0 Å². The molecule has 1 aromatic carbocycles. The summed E-state index contributed by atoms with van der Waals surface area (Å²) in [6.07, 6.45) is -2.64. The molecular formula is C15H20O5. The maximum atomic E-state index is 12.0. The zero-order valence-electron chi connectivity index (χ0n) is 11.9. The Morgan fingerprint density at radius 1 is 1.25 bits per heavy atom. The molecule has 3 atom stereocenters. The molecule has 0 saturated carbocycles. The molecule has 0 fully saturated rings. The predicted molar refractivity (Wildman–Crippen MR) is 73.5 cm³/mol. The van der Waals surface area contributed by atoms with Crippen molar-refractivity contribution in [2.45, 2.75) is 38.1 Å². The van der Waals surface area contributed by atoms with Crippen molar-refractivity contribution >= 4 is 11.6 Å². The molecule has 0 amide bonds. The Hall–Kier alpha value is -1.56. The number of hydrogen-bond acceptors (Lipinski definition) is 5. The monoisotopic (exact) mass is 280 g/mol. The zero-order valence-corrected chi connectivity index (χ0v) is 11.9. The first-order chi connectivity index (χ1) is 9.31. The highest BCUT2D eigenvalue weighted by Crippen LogP contribution is 2.23. The van der Waals surface area contributed by atoms with Crippen molar-refractivity contribution in [3.05, 3.63) is 35.9 Å². The molecule has 0 aliphatic rings. The van der Waals surface area contributed by atoms with E-state index in [0.717, 1.165) is 0 Å². The maximum absolute atomic E-state index is 12.0. The van der Waals surface area contributed by atoms with E-state index in [1.54, 1.807) is 30.3 Å². The minimum Gasteiger partial charge on any atom is -0.391 e. The van der Waals surface area contributed by atoms with Crippen molar-refractivity contribution in [1.82, 2.24) is 0 Å². The first kappa shape index (κ1) is 16.5. The van der Waals surface area contributed by atoms with Gasteiger partial charge in [-0.2, -0.15) is 0 Å². The van der Waals surface area contributed by atoms with E-state index < -0.39 is 29.4 Å². The maximum Gasteiger partial charge on any atom is 0.228 e. The first-order valence-corrected chi connectivity index (χ1v) is 6.35. The van der Waals surface area contributed by atoms with Crippen LogP contribution in [0.5, 0.6) is 0 Å². The third-order valence-corrected chi connectivity index (χ3v) is 3.35. The number of carbonyl (C=O) groups excluding carboxylic acids is 2. The Balaban J connectivity index is 2.85. The summed E-state index contributed by atoms with van der Waals surface area (Å²) in [5.41, 5.74) is -1.02. The Kier molecular flexibility index (Phi) is 5.56. The molecule has 5 nitrogen and oxygen atoms in total. The summed E-state index contributed by atoms with van der Waals surface area (Å²) >= 11 is 0. The van der Waals surface area contributed by atoms with Crippen molar-refractivity contribution in [3.8, 4) is 0 Å². The van der Waals surface area contributed by atoms with Gasteiger partial charge in [0, 0.05) is 19.1 Å². The fourth-order valence-corrected chi connectivity index (χ4v) is 1.96. The van der Waals surface area contributed by atoms with E-state index in [2.05, 4.69) is 0 Å². The number of methoxy groups -OCH3 is 1. The minimum absolute atomic E-state index is 0.294. The summed E-state index contributed by atoms with van der Waals surface area (Å²) in [4.78, 5) is 24.0. The lowest BCUT2D eigenvalue weighted by molar-refractivity contribution is -0.145. The second-order valence-electron chi connectivity index (χ2n) is 5.00. The molecule has 20 heavy (non-hydrogen) atoms. The molecule has 5 heteroatoms. The molecule has 2 N–H and O–H groups in total. The summed E-state index contributed by atoms with van der Waals surface area (Å²) in [6, 6.07) is 8.18. The Morgan fingerprint density at radius 2 is 1.80 bits per heavy atom. The van der Waals surface area contributed by atoms with Crippen LogP contribution in [0.15, 0.2) is 30.3 Å². The molecule has 0 radical (unpaired) electrons. The normalized spacial score (nSPS) is 17.1. The van der Waals surface area contributed by atoms with Crippen molar-refractivity contribution in [2.24, 2.45) is 0 Å². The molecule has 0 aliphatic carbocycles. The molecule has 1 aromatic rings. The van der Waals surface area contributed by atoms with E-state index in [1.165, 1.54) is 21.0 Å². The molecule has 0 heterocycles. The van der Waals surface area contributed by atoms with Gasteiger partial charge in [-0.25, -0.2) is 0 Å². The highest BCUT2D eigenvalue weighted by atomic mass is 16.5. The van der Waals surface area contributed by atoms with Crippen LogP contribution >= 0.6 is 0 Å². The number of rotatable bonds is 7. The van der Waals surface area contributed by atoms with Crippen LogP contribution in [0.2, 0.25) is 0 Å². The van der Waals surface area contributed by atoms with Gasteiger partial charge < -0.3 is 14.9 Å². The largest absolute Gasteiger partial charge is 0.391 e. The van der Waals surface area contributed by atoms with Gasteiger partial charge in [-0.05, 0) is 13.8 Å². The van der Waals surface area contributed by atoms with Gasteiger partial charge in [-0.3, -0.25) is 9.59 Å². The molecule has 0 aliphatic heterocycles. The third kappa shape index (κ3) is 3.72. The fraction of sp³-hybridized carbons (Fsp3) is 0.467. The van der Waals surface area contributed by atoms with Crippen LogP contribution in [0.1, 0.15) is 30.6 Å². The third-order valence-electron chi connectivity index (χ3n) is 3.35. The van der Waals surface area contributed by atoms with E-state index in [9.17, 15) is 19.8 Å². The Labute approximate surface area is 118 Å². The molecule has 0 unspecified atom stereocenters. The van der Waals surface area contributed by atoms with Gasteiger partial charge in [0.2, 0.25) is 11.6 Å². The van der Waals surface area contributed by atoms with Crippen LogP contribution in [0.4, 0.5) is 0 Å². The highest BCUT2D eigenvalue weighted by Gasteiger charge is 2.39. The molecule has 1 rings (SSSR count). The zero-order chi connectivity index (χ0) is 15.3. The van der Waals surface area contributed by atoms with Crippen molar-refractivity contribution < 1.29 is 24.5 Å². The lowest BCUT2D eigenvalue weighted by Gasteiger charge is -2.34. The number of carbonyl (C=O) groups is 2. The number of aliphatic hydroxyl groups is 2. The Bertz CT molecular complexity index is 468. The van der Waals surface area contributed by atoms with Gasteiger partial charge in [0.15, 0.2) is 0 Å². The lowest BCUT2D eigenvalue weighted by Crippen LogP contribution is -2.49. The molecule has 0 spiro atoms. The topological polar surface area (TPSA) is 83.8 Å². The van der Waals surface area contributed by atoms with Crippen molar-refractivity contribution in [2.75, 3.05) is 7.11 Å². The summed E-state index contributed by atoms with van der Waals surface area (Å²) in [5.74, 6) is -1.30. The minimum atomic E-state index is -1.31. The second kappa shape index (κ2) is 6.74. The van der Waals surface area contributed by atoms with Gasteiger partial charge >= 0.3 is 0 Å². The van der Waals surface area contributed by atoms with Crippen LogP contribution in [-0.2, 0) is 9.53 Å². The van der Waals surface area contributed by atoms with Gasteiger partial charge in [-0.15, -0.1) is 0 Å². The highest BCUT2D eigenvalue weighted by molar-refractivity contribution is 6.43. The number of ether oxygens (including phenoxy) is 1. The van der Waals surface area contributed by atoms with E-state index >= 15 is 0 Å². The van der Waals surface area contributed by atoms with E-state index in [-0.39, 0.29) is 6.42 Å². The summed E-state index contributed by atoms with van der Waals surface area (Å²) < 4.78 is 5.13. The van der Waals surface area contributed by atoms with E-state index in [1.807, 2.05) is 0 Å². The number of ketones is 2. The fourth-order valence-electron chi connectivity index (χ4n) is 1.96. The number of Topliss-reactive ketones (excluding diaryl/α,β-unsaturated/α-hetero) is 2. The summed E-state index contributed by atoms with van der Waals surface area (Å²) in [6.45, 7) is 2.88. The van der Waals surface area contributed by atoms with Gasteiger partial charge in [0.05, 0.1) is 6.10 Å². The number of benzene rings is 1. The average Bonchev–Trinajstić information content (AvgIpc) is 2.46. The van der Waals surface area contributed by atoms with Gasteiger partial charge in [-0.1, -0.05) is 30.3 Å². The van der Waals surface area contributed by atoms with Gasteiger partial charge in [0.1, 0.15) is 11.7 Å². The van der Waals surface area contributed by atoms with Crippen molar-refractivity contribution in [1.29, 1.82) is 0 Å². The molecule has 110 valence electrons. The van der Waals surface area contributed by atoms with Crippen LogP contribution < -0.4 is 0 Å². The standard InChI is InChI=1S/C15H20O5/c1-10(16)14(19)15(2,20-3)9-12(17)13(18)11-7-5-4-6-8-11/h4-8,10,14,16,19H,9H2,1-3H3/t10-,14-,15+/m0/s1. The quantitative estimate of drug-likeness (QED) is 0.574. The van der Waals surface area contributed by atoms with E-state index in [4.69, 9.17) is 4.74 Å². The van der Waals surface area contributed by atoms with Crippen molar-refractivity contribution in [3.63, 3.8) is 0 Å². The van der Waals surface area contributed by atoms with Crippen LogP contribution in [0.3, 0.4) is 0 Å². The number of hydrogen-bond donors (Lipinski definition) is 2. The SMILES string of the molecule is CO[C@](C)(CC(=O)C(=O)c1ccccc1)[C@@H](O)[C@H](C)O. The smallest absolute Gasteiger partial charge is 0.228 e. The first-order valence-electron chi connectivity index (χ1n) is 6.35. The molecule has 0 aromatic heterocycles. The predicted octanol–water partition coefficient (Wildman–Crippen LogP) is 0.975. The molecule has 0 bridgehead atoms. The number of aliphatic hydroxyl groups excluding tert-OH is 2. The van der Waals surface area contributed by atoms with Crippen LogP contribution in [-0.4, -0.2) is 46.7 Å². The van der Waals surface area contributed by atoms with E-state index in [0.29, 0.717) is 5.56 Å². The second-order valence-corrected chi connectivity index (χ2v) is 5.00. The lowest BCUT2D eigenvalue weighted by atomic mass is 9.87. The summed E-state index contributed by atoms with van der Waals surface area (Å²) in [7, 11) is 1.33. The molecular weight excluding hydrogens is 260 g/mol. The average molecular weight is 280 g/mol. The van der Waals surface area contributed by atoms with Crippen LogP contribution in [0.25, 0.3) is 0 Å². The summed E-state index contributed by atoms with van der Waals surface area (Å²) in [5, 5.41) is 19.3.